The maximum absolute atomic E-state index is 12.8. The van der Waals surface area contributed by atoms with Gasteiger partial charge in [-0.05, 0) is 37.7 Å². The number of hydrogen-bond acceptors (Lipinski definition) is 5. The van der Waals surface area contributed by atoms with Gasteiger partial charge in [-0.25, -0.2) is 0 Å². The summed E-state index contributed by atoms with van der Waals surface area (Å²) >= 11 is 0. The monoisotopic (exact) mass is 347 g/mol. The summed E-state index contributed by atoms with van der Waals surface area (Å²) < 4.78 is 5.32. The Hall–Kier alpha value is -2.15. The third kappa shape index (κ3) is 4.28. The highest BCUT2D eigenvalue weighted by Gasteiger charge is 2.25. The molecule has 1 aromatic carbocycles. The van der Waals surface area contributed by atoms with Gasteiger partial charge in [0.1, 0.15) is 0 Å². The molecule has 2 fully saturated rings. The number of ether oxygens (including phenoxy) is 1. The number of benzene rings is 1. The number of non-ortho nitro benzene ring substituents is 1. The van der Waals surface area contributed by atoms with Crippen LogP contribution in [0.5, 0.6) is 0 Å². The number of carbonyl (C=O) groups is 1. The summed E-state index contributed by atoms with van der Waals surface area (Å²) in [5.41, 5.74) is 1.14. The molecule has 7 heteroatoms. The molecule has 0 radical (unpaired) electrons. The quantitative estimate of drug-likeness (QED) is 0.669. The van der Waals surface area contributed by atoms with E-state index in [1.54, 1.807) is 6.07 Å². The standard InChI is InChI=1S/C18H25N3O4/c1-13-4-8-20(9-5-13)17-3-2-15(21(23)24)12-16(17)18(22)19-14-6-10-25-11-7-14/h2-3,12-14H,4-11H2,1H3,(H,19,22). The second-order valence-corrected chi connectivity index (χ2v) is 6.99. The first-order chi connectivity index (χ1) is 12.0. The Kier molecular flexibility index (Phi) is 5.53. The van der Waals surface area contributed by atoms with Gasteiger partial charge in [0.05, 0.1) is 16.2 Å². The van der Waals surface area contributed by atoms with Gasteiger partial charge in [-0.2, -0.15) is 0 Å². The lowest BCUT2D eigenvalue weighted by Crippen LogP contribution is -2.40. The van der Waals surface area contributed by atoms with Crippen LogP contribution < -0.4 is 10.2 Å². The molecule has 2 aliphatic heterocycles. The zero-order chi connectivity index (χ0) is 17.8. The van der Waals surface area contributed by atoms with E-state index in [9.17, 15) is 14.9 Å². The van der Waals surface area contributed by atoms with E-state index in [1.807, 2.05) is 0 Å². The van der Waals surface area contributed by atoms with Crippen LogP contribution in [0.25, 0.3) is 0 Å². The minimum absolute atomic E-state index is 0.0498. The van der Waals surface area contributed by atoms with Gasteiger partial charge in [-0.3, -0.25) is 14.9 Å². The van der Waals surface area contributed by atoms with Gasteiger partial charge < -0.3 is 15.0 Å². The summed E-state index contributed by atoms with van der Waals surface area (Å²) in [7, 11) is 0. The van der Waals surface area contributed by atoms with Gasteiger partial charge in [0.25, 0.3) is 11.6 Å². The van der Waals surface area contributed by atoms with E-state index in [4.69, 9.17) is 4.74 Å². The third-order valence-electron chi connectivity index (χ3n) is 5.12. The van der Waals surface area contributed by atoms with Crippen molar-refractivity contribution in [3.05, 3.63) is 33.9 Å². The van der Waals surface area contributed by atoms with Crippen LogP contribution in [0, 0.1) is 16.0 Å². The van der Waals surface area contributed by atoms with Crippen LogP contribution in [0.4, 0.5) is 11.4 Å². The fourth-order valence-electron chi connectivity index (χ4n) is 3.45. The molecule has 7 nitrogen and oxygen atoms in total. The lowest BCUT2D eigenvalue weighted by Gasteiger charge is -2.33. The number of hydrogen-bond donors (Lipinski definition) is 1. The lowest BCUT2D eigenvalue weighted by atomic mass is 9.97. The summed E-state index contributed by atoms with van der Waals surface area (Å²) in [6, 6.07) is 4.67. The van der Waals surface area contributed by atoms with E-state index in [0.29, 0.717) is 24.7 Å². The minimum atomic E-state index is -0.451. The van der Waals surface area contributed by atoms with Crippen LogP contribution >= 0.6 is 0 Å². The zero-order valence-electron chi connectivity index (χ0n) is 14.6. The molecule has 2 saturated heterocycles. The van der Waals surface area contributed by atoms with Gasteiger partial charge in [-0.15, -0.1) is 0 Å². The first-order valence-electron chi connectivity index (χ1n) is 8.96. The SMILES string of the molecule is CC1CCN(c2ccc([N+](=O)[O-])cc2C(=O)NC2CCOCC2)CC1. The molecule has 1 aromatic rings. The van der Waals surface area contributed by atoms with Crippen molar-refractivity contribution < 1.29 is 14.5 Å². The van der Waals surface area contributed by atoms with E-state index in [0.717, 1.165) is 44.5 Å². The molecule has 1 N–H and O–H groups in total. The van der Waals surface area contributed by atoms with Crippen LogP contribution in [0.3, 0.4) is 0 Å². The van der Waals surface area contributed by atoms with Crippen LogP contribution in [-0.4, -0.2) is 43.2 Å². The maximum atomic E-state index is 12.8. The average Bonchev–Trinajstić information content (AvgIpc) is 2.62. The van der Waals surface area contributed by atoms with Crippen molar-refractivity contribution in [1.82, 2.24) is 5.32 Å². The van der Waals surface area contributed by atoms with E-state index in [2.05, 4.69) is 17.1 Å². The van der Waals surface area contributed by atoms with Crippen molar-refractivity contribution in [2.75, 3.05) is 31.2 Å². The average molecular weight is 347 g/mol. The number of rotatable bonds is 4. The van der Waals surface area contributed by atoms with Crippen molar-refractivity contribution in [2.24, 2.45) is 5.92 Å². The molecule has 0 aliphatic carbocycles. The lowest BCUT2D eigenvalue weighted by molar-refractivity contribution is -0.384. The molecule has 2 aliphatic rings. The van der Waals surface area contributed by atoms with Crippen molar-refractivity contribution in [1.29, 1.82) is 0 Å². The van der Waals surface area contributed by atoms with Crippen molar-refractivity contribution in [3.63, 3.8) is 0 Å². The van der Waals surface area contributed by atoms with Gasteiger partial charge in [0.15, 0.2) is 0 Å². The minimum Gasteiger partial charge on any atom is -0.381 e. The smallest absolute Gasteiger partial charge is 0.270 e. The molecule has 0 unspecified atom stereocenters. The number of carbonyl (C=O) groups excluding carboxylic acids is 1. The molecular formula is C18H25N3O4. The van der Waals surface area contributed by atoms with Crippen LogP contribution in [0.15, 0.2) is 18.2 Å². The van der Waals surface area contributed by atoms with Gasteiger partial charge >= 0.3 is 0 Å². The fourth-order valence-corrected chi connectivity index (χ4v) is 3.45. The zero-order valence-corrected chi connectivity index (χ0v) is 14.6. The second kappa shape index (κ2) is 7.82. The molecule has 25 heavy (non-hydrogen) atoms. The molecule has 0 aromatic heterocycles. The van der Waals surface area contributed by atoms with E-state index in [1.165, 1.54) is 12.1 Å². The Morgan fingerprint density at radius 2 is 1.92 bits per heavy atom. The number of nitro benzene ring substituents is 1. The number of nitrogens with one attached hydrogen (secondary N) is 1. The molecule has 0 saturated carbocycles. The maximum Gasteiger partial charge on any atom is 0.270 e. The fraction of sp³-hybridized carbons (Fsp3) is 0.611. The molecule has 0 atom stereocenters. The number of piperidine rings is 1. The first-order valence-corrected chi connectivity index (χ1v) is 8.96. The first kappa shape index (κ1) is 17.7. The van der Waals surface area contributed by atoms with Gasteiger partial charge in [0, 0.05) is 44.5 Å². The van der Waals surface area contributed by atoms with Crippen molar-refractivity contribution in [2.45, 2.75) is 38.6 Å². The number of nitrogens with zero attached hydrogens (tertiary/aromatic N) is 2. The van der Waals surface area contributed by atoms with Crippen molar-refractivity contribution >= 4 is 17.3 Å². The van der Waals surface area contributed by atoms with E-state index in [-0.39, 0.29) is 17.6 Å². The van der Waals surface area contributed by atoms with Crippen molar-refractivity contribution in [3.8, 4) is 0 Å². The Morgan fingerprint density at radius 1 is 1.24 bits per heavy atom. The highest BCUT2D eigenvalue weighted by molar-refractivity contribution is 6.00. The number of nitro groups is 1. The largest absolute Gasteiger partial charge is 0.381 e. The molecule has 0 spiro atoms. The summed E-state index contributed by atoms with van der Waals surface area (Å²) in [5, 5.41) is 14.2. The topological polar surface area (TPSA) is 84.7 Å². The van der Waals surface area contributed by atoms with Crippen LogP contribution in [0.1, 0.15) is 43.0 Å². The Balaban J connectivity index is 1.84. The number of amides is 1. The van der Waals surface area contributed by atoms with Crippen LogP contribution in [-0.2, 0) is 4.74 Å². The Labute approximate surface area is 147 Å². The summed E-state index contributed by atoms with van der Waals surface area (Å²) in [6.07, 6.45) is 3.68. The van der Waals surface area contributed by atoms with E-state index < -0.39 is 4.92 Å². The van der Waals surface area contributed by atoms with E-state index >= 15 is 0 Å². The molecule has 136 valence electrons. The summed E-state index contributed by atoms with van der Waals surface area (Å²) in [5.74, 6) is 0.443. The molecule has 3 rings (SSSR count). The highest BCUT2D eigenvalue weighted by Crippen LogP contribution is 2.29. The molecule has 2 heterocycles. The summed E-state index contributed by atoms with van der Waals surface area (Å²) in [4.78, 5) is 25.7. The van der Waals surface area contributed by atoms with Gasteiger partial charge in [-0.1, -0.05) is 6.92 Å². The molecule has 1 amide bonds. The Bertz CT molecular complexity index is 635. The van der Waals surface area contributed by atoms with Crippen LogP contribution in [0.2, 0.25) is 0 Å². The number of anilines is 1. The second-order valence-electron chi connectivity index (χ2n) is 6.99. The van der Waals surface area contributed by atoms with Gasteiger partial charge in [0.2, 0.25) is 0 Å². The predicted octanol–water partition coefficient (Wildman–Crippen LogP) is 2.74. The highest BCUT2D eigenvalue weighted by atomic mass is 16.6. The molecular weight excluding hydrogens is 322 g/mol. The normalized spacial score (nSPS) is 19.6. The Morgan fingerprint density at radius 3 is 2.56 bits per heavy atom. The third-order valence-corrected chi connectivity index (χ3v) is 5.12. The molecule has 0 bridgehead atoms. The predicted molar refractivity (Wildman–Crippen MR) is 95.0 cm³/mol. The summed E-state index contributed by atoms with van der Waals surface area (Å²) in [6.45, 7) is 5.24.